The molecular formula is C35H46ClNO4S. The highest BCUT2D eigenvalue weighted by Gasteiger charge is 2.55. The number of fused-ring (bicyclic) bond motifs is 1. The molecule has 0 aromatic heterocycles. The third kappa shape index (κ3) is 6.51. The van der Waals surface area contributed by atoms with Gasteiger partial charge in [0.05, 0.1) is 16.8 Å². The quantitative estimate of drug-likeness (QED) is 0.211. The predicted molar refractivity (Wildman–Crippen MR) is 174 cm³/mol. The zero-order chi connectivity index (χ0) is 30.5. The number of benzene rings is 3. The van der Waals surface area contributed by atoms with Gasteiger partial charge in [0.15, 0.2) is 9.84 Å². The molecule has 4 rings (SSSR count). The fraction of sp³-hybridized carbons (Fsp3) is 0.486. The average molecular weight is 612 g/mol. The fourth-order valence-electron chi connectivity index (χ4n) is 6.47. The number of aliphatic hydroxyl groups excluding tert-OH is 1. The van der Waals surface area contributed by atoms with Gasteiger partial charge in [-0.3, -0.25) is 0 Å². The van der Waals surface area contributed by atoms with Crippen molar-refractivity contribution >= 4 is 27.1 Å². The Labute approximate surface area is 257 Å². The Hall–Kier alpha value is -2.54. The Balaban J connectivity index is 1.81. The highest BCUT2D eigenvalue weighted by atomic mass is 35.5. The van der Waals surface area contributed by atoms with E-state index in [1.54, 1.807) is 6.07 Å². The molecule has 7 heteroatoms. The number of unbranched alkanes of at least 4 members (excludes halogenated alkanes) is 2. The van der Waals surface area contributed by atoms with E-state index in [4.69, 9.17) is 16.3 Å². The van der Waals surface area contributed by atoms with Crippen molar-refractivity contribution in [2.24, 2.45) is 5.41 Å². The first-order chi connectivity index (χ1) is 20.0. The molecule has 0 saturated heterocycles. The lowest BCUT2D eigenvalue weighted by Gasteiger charge is -2.46. The molecule has 0 spiro atoms. The molecule has 1 N–H and O–H groups in total. The van der Waals surface area contributed by atoms with Crippen LogP contribution < -0.4 is 9.64 Å². The molecule has 5 nitrogen and oxygen atoms in total. The van der Waals surface area contributed by atoms with Crippen LogP contribution in [0.1, 0.15) is 81.5 Å². The van der Waals surface area contributed by atoms with Gasteiger partial charge in [-0.2, -0.15) is 0 Å². The summed E-state index contributed by atoms with van der Waals surface area (Å²) in [4.78, 5) is 2.30. The number of halogens is 1. The van der Waals surface area contributed by atoms with Gasteiger partial charge >= 0.3 is 0 Å². The minimum Gasteiger partial charge on any atom is -0.489 e. The summed E-state index contributed by atoms with van der Waals surface area (Å²) >= 11 is 5.92. The first-order valence-electron chi connectivity index (χ1n) is 15.1. The van der Waals surface area contributed by atoms with E-state index in [9.17, 15) is 13.5 Å². The van der Waals surface area contributed by atoms with E-state index in [-0.39, 0.29) is 5.75 Å². The molecule has 3 aromatic rings. The second kappa shape index (κ2) is 13.4. The van der Waals surface area contributed by atoms with Crippen molar-refractivity contribution in [1.29, 1.82) is 0 Å². The molecule has 1 heterocycles. The number of rotatable bonds is 12. The summed E-state index contributed by atoms with van der Waals surface area (Å²) in [6, 6.07) is 21.4. The molecular weight excluding hydrogens is 566 g/mol. The molecule has 0 amide bonds. The number of anilines is 1. The minimum atomic E-state index is -3.67. The van der Waals surface area contributed by atoms with Crippen molar-refractivity contribution < 1.29 is 18.3 Å². The standard InChI is InChI=1S/C35H46ClNO4S/c1-6-8-20-35(21-9-7-2)25-42(39,40)32-19-16-29(37(4)5)22-31(32)34(3,33(35)38)28-14-17-30(18-15-28)41-24-27-12-10-26(23-36)11-13-27/h10-19,22,33,38H,6-9,20-21,23-25H2,1-5H3/t33-,34+/m1/s1. The van der Waals surface area contributed by atoms with Gasteiger partial charge in [0, 0.05) is 36.5 Å². The van der Waals surface area contributed by atoms with E-state index in [2.05, 4.69) is 13.8 Å². The summed E-state index contributed by atoms with van der Waals surface area (Å²) in [5, 5.41) is 12.6. The normalized spacial score (nSPS) is 20.9. The molecule has 42 heavy (non-hydrogen) atoms. The van der Waals surface area contributed by atoms with Gasteiger partial charge in [-0.1, -0.05) is 75.9 Å². The zero-order valence-corrected chi connectivity index (χ0v) is 27.3. The number of alkyl halides is 1. The van der Waals surface area contributed by atoms with Crippen LogP contribution in [0.4, 0.5) is 5.69 Å². The van der Waals surface area contributed by atoms with Crippen LogP contribution in [0.2, 0.25) is 0 Å². The summed E-state index contributed by atoms with van der Waals surface area (Å²) in [6.07, 6.45) is 4.04. The molecule has 0 unspecified atom stereocenters. The molecule has 1 aliphatic rings. The maximum Gasteiger partial charge on any atom is 0.179 e. The number of aliphatic hydroxyl groups is 1. The predicted octanol–water partition coefficient (Wildman–Crippen LogP) is 7.89. The van der Waals surface area contributed by atoms with Crippen LogP contribution in [0.25, 0.3) is 0 Å². The summed E-state index contributed by atoms with van der Waals surface area (Å²) in [5.41, 5.74) is 2.82. The lowest BCUT2D eigenvalue weighted by molar-refractivity contribution is -0.0173. The van der Waals surface area contributed by atoms with Crippen molar-refractivity contribution in [3.63, 3.8) is 0 Å². The van der Waals surface area contributed by atoms with Crippen molar-refractivity contribution in [3.8, 4) is 5.75 Å². The Morgan fingerprint density at radius 2 is 1.52 bits per heavy atom. The van der Waals surface area contributed by atoms with Crippen molar-refractivity contribution in [3.05, 3.63) is 89.0 Å². The minimum absolute atomic E-state index is 0.0469. The Morgan fingerprint density at radius 1 is 0.929 bits per heavy atom. The van der Waals surface area contributed by atoms with Crippen molar-refractivity contribution in [2.75, 3.05) is 24.7 Å². The number of nitrogens with zero attached hydrogens (tertiary/aromatic N) is 1. The van der Waals surface area contributed by atoms with Crippen LogP contribution >= 0.6 is 11.6 Å². The van der Waals surface area contributed by atoms with E-state index in [0.29, 0.717) is 41.5 Å². The van der Waals surface area contributed by atoms with Gasteiger partial charge in [-0.15, -0.1) is 11.6 Å². The van der Waals surface area contributed by atoms with Gasteiger partial charge in [0.2, 0.25) is 0 Å². The molecule has 0 saturated carbocycles. The SMILES string of the molecule is CCCCC1(CCCC)CS(=O)(=O)c2ccc(N(C)C)cc2[C@](C)(c2ccc(OCc3ccc(CCl)cc3)cc2)[C@H]1O. The maximum absolute atomic E-state index is 14.1. The summed E-state index contributed by atoms with van der Waals surface area (Å²) in [6.45, 7) is 6.69. The van der Waals surface area contributed by atoms with Gasteiger partial charge < -0.3 is 14.7 Å². The number of ether oxygens (including phenoxy) is 1. The van der Waals surface area contributed by atoms with Gasteiger partial charge in [0.25, 0.3) is 0 Å². The number of hydrogen-bond donors (Lipinski definition) is 1. The molecule has 0 fully saturated rings. The Morgan fingerprint density at radius 3 is 2.07 bits per heavy atom. The maximum atomic E-state index is 14.1. The smallest absolute Gasteiger partial charge is 0.179 e. The van der Waals surface area contributed by atoms with E-state index in [1.807, 2.05) is 86.6 Å². The monoisotopic (exact) mass is 611 g/mol. The highest BCUT2D eigenvalue weighted by molar-refractivity contribution is 7.91. The Kier molecular flexibility index (Phi) is 10.3. The van der Waals surface area contributed by atoms with E-state index in [1.165, 1.54) is 0 Å². The van der Waals surface area contributed by atoms with Crippen LogP contribution in [-0.2, 0) is 27.7 Å². The van der Waals surface area contributed by atoms with Crippen LogP contribution in [-0.4, -0.2) is 39.5 Å². The van der Waals surface area contributed by atoms with E-state index in [0.717, 1.165) is 48.1 Å². The first kappa shape index (κ1) is 32.4. The average Bonchev–Trinajstić information content (AvgIpc) is 3.05. The molecule has 0 bridgehead atoms. The van der Waals surface area contributed by atoms with Gasteiger partial charge in [-0.05, 0) is 72.4 Å². The van der Waals surface area contributed by atoms with E-state index < -0.39 is 26.8 Å². The molecule has 228 valence electrons. The van der Waals surface area contributed by atoms with Crippen LogP contribution in [0.5, 0.6) is 5.75 Å². The topological polar surface area (TPSA) is 66.8 Å². The van der Waals surface area contributed by atoms with Crippen LogP contribution in [0, 0.1) is 5.41 Å². The molecule has 0 aliphatic carbocycles. The lowest BCUT2D eigenvalue weighted by Crippen LogP contribution is -2.50. The third-order valence-electron chi connectivity index (χ3n) is 9.07. The van der Waals surface area contributed by atoms with Crippen molar-refractivity contribution in [2.45, 2.75) is 88.2 Å². The van der Waals surface area contributed by atoms with E-state index >= 15 is 0 Å². The molecule has 2 atom stereocenters. The highest BCUT2D eigenvalue weighted by Crippen LogP contribution is 2.53. The van der Waals surface area contributed by atoms with Crippen LogP contribution in [0.3, 0.4) is 0 Å². The van der Waals surface area contributed by atoms with Gasteiger partial charge in [-0.25, -0.2) is 8.42 Å². The molecule has 1 aliphatic heterocycles. The van der Waals surface area contributed by atoms with Crippen molar-refractivity contribution in [1.82, 2.24) is 0 Å². The molecule has 0 radical (unpaired) electrons. The summed E-state index contributed by atoms with van der Waals surface area (Å²) in [5.74, 6) is 1.14. The fourth-order valence-corrected chi connectivity index (χ4v) is 8.89. The largest absolute Gasteiger partial charge is 0.489 e. The number of hydrogen-bond acceptors (Lipinski definition) is 5. The Bertz CT molecular complexity index is 1430. The zero-order valence-electron chi connectivity index (χ0n) is 25.7. The van der Waals surface area contributed by atoms with Crippen LogP contribution in [0.15, 0.2) is 71.6 Å². The second-order valence-corrected chi connectivity index (χ2v) is 14.5. The summed E-state index contributed by atoms with van der Waals surface area (Å²) in [7, 11) is 0.229. The molecule has 3 aromatic carbocycles. The lowest BCUT2D eigenvalue weighted by atomic mass is 9.60. The number of sulfone groups is 1. The summed E-state index contributed by atoms with van der Waals surface area (Å²) < 4.78 is 34.4. The second-order valence-electron chi connectivity index (χ2n) is 12.3. The van der Waals surface area contributed by atoms with Gasteiger partial charge in [0.1, 0.15) is 12.4 Å². The first-order valence-corrected chi connectivity index (χ1v) is 17.3. The third-order valence-corrected chi connectivity index (χ3v) is 11.4.